The van der Waals surface area contributed by atoms with Gasteiger partial charge in [-0.1, -0.05) is 29.9 Å². The summed E-state index contributed by atoms with van der Waals surface area (Å²) in [5.74, 6) is 0.659. The van der Waals surface area contributed by atoms with Crippen LogP contribution in [0.5, 0.6) is 0 Å². The Labute approximate surface area is 221 Å². The molecule has 2 fully saturated rings. The number of carbonyl (C=O) groups excluding carboxylic acids is 1. The molecule has 2 unspecified atom stereocenters. The first kappa shape index (κ1) is 26.9. The summed E-state index contributed by atoms with van der Waals surface area (Å²) in [5.41, 5.74) is 1.83. The van der Waals surface area contributed by atoms with Gasteiger partial charge in [-0.05, 0) is 75.5 Å². The number of piperidine rings is 1. The number of nitrogens with one attached hydrogen (secondary N) is 2. The minimum Gasteiger partial charge on any atom is -0.355 e. The Hall–Kier alpha value is -3.18. The molecule has 5 rings (SSSR count). The summed E-state index contributed by atoms with van der Waals surface area (Å²) in [6.45, 7) is 9.50. The lowest BCUT2D eigenvalue weighted by Crippen LogP contribution is -2.32. The molecule has 2 aliphatic rings. The number of rotatable bonds is 6. The maximum atomic E-state index is 13.5. The third-order valence-electron chi connectivity index (χ3n) is 6.72. The maximum absolute atomic E-state index is 13.5. The van der Waals surface area contributed by atoms with Gasteiger partial charge in [-0.15, -0.1) is 15.3 Å². The highest BCUT2D eigenvalue weighted by molar-refractivity contribution is 7.19. The number of aryl methyl sites for hydroxylation is 1. The van der Waals surface area contributed by atoms with Gasteiger partial charge in [0.25, 0.3) is 0 Å². The Morgan fingerprint density at radius 3 is 2.59 bits per heavy atom. The predicted octanol–water partition coefficient (Wildman–Crippen LogP) is 4.66. The van der Waals surface area contributed by atoms with Crippen molar-refractivity contribution in [3.63, 3.8) is 0 Å². The third kappa shape index (κ3) is 7.65. The van der Waals surface area contributed by atoms with Crippen LogP contribution in [0.2, 0.25) is 0 Å². The smallest absolute Gasteiger partial charge is 0.223 e. The fraction of sp³-hybridized carbons (Fsp3) is 0.500. The van der Waals surface area contributed by atoms with Crippen molar-refractivity contribution in [1.82, 2.24) is 25.3 Å². The van der Waals surface area contributed by atoms with Crippen LogP contribution < -0.4 is 15.5 Å². The average Bonchev–Trinajstić information content (AvgIpc) is 3.56. The zero-order chi connectivity index (χ0) is 26.2. The number of carbonyl (C=O) groups is 1. The minimum absolute atomic E-state index is 0.0821. The monoisotopic (exact) mass is 526 g/mol. The van der Waals surface area contributed by atoms with Crippen molar-refractivity contribution in [3.8, 4) is 0 Å². The summed E-state index contributed by atoms with van der Waals surface area (Å²) in [6, 6.07) is 10.1. The lowest BCUT2D eigenvalue weighted by Gasteiger charge is -2.32. The van der Waals surface area contributed by atoms with Crippen LogP contribution in [0.3, 0.4) is 0 Å². The van der Waals surface area contributed by atoms with Crippen LogP contribution in [0, 0.1) is 12.7 Å². The lowest BCUT2D eigenvalue weighted by atomic mass is 10.0. The molecule has 1 amide bonds. The first-order valence-electron chi connectivity index (χ1n) is 12.8. The van der Waals surface area contributed by atoms with Crippen molar-refractivity contribution in [2.24, 2.45) is 0 Å². The van der Waals surface area contributed by atoms with Crippen LogP contribution in [-0.4, -0.2) is 63.4 Å². The van der Waals surface area contributed by atoms with Crippen LogP contribution in [0.1, 0.15) is 56.7 Å². The Bertz CT molecular complexity index is 1150. The van der Waals surface area contributed by atoms with Crippen molar-refractivity contribution in [2.75, 3.05) is 41.7 Å². The highest BCUT2D eigenvalue weighted by Gasteiger charge is 2.24. The van der Waals surface area contributed by atoms with Gasteiger partial charge in [0.1, 0.15) is 5.82 Å². The van der Waals surface area contributed by atoms with Gasteiger partial charge in [0.05, 0.1) is 0 Å². The second-order valence-corrected chi connectivity index (χ2v) is 10.5. The summed E-state index contributed by atoms with van der Waals surface area (Å²) >= 11 is 1.33. The van der Waals surface area contributed by atoms with Crippen LogP contribution in [0.25, 0.3) is 0 Å². The van der Waals surface area contributed by atoms with E-state index in [-0.39, 0.29) is 17.8 Å². The van der Waals surface area contributed by atoms with E-state index in [2.05, 4.69) is 53.8 Å². The molecule has 0 bridgehead atoms. The highest BCUT2D eigenvalue weighted by atomic mass is 32.1. The van der Waals surface area contributed by atoms with E-state index in [0.29, 0.717) is 16.3 Å². The lowest BCUT2D eigenvalue weighted by molar-refractivity contribution is -0.114. The quantitative estimate of drug-likeness (QED) is 0.479. The highest BCUT2D eigenvalue weighted by Crippen LogP contribution is 2.26. The van der Waals surface area contributed by atoms with Gasteiger partial charge in [0.15, 0.2) is 5.82 Å². The Morgan fingerprint density at radius 2 is 1.89 bits per heavy atom. The van der Waals surface area contributed by atoms with Gasteiger partial charge in [-0.2, -0.15) is 5.10 Å². The predicted molar refractivity (Wildman–Crippen MR) is 145 cm³/mol. The maximum Gasteiger partial charge on any atom is 0.223 e. The van der Waals surface area contributed by atoms with Crippen molar-refractivity contribution in [2.45, 2.75) is 58.5 Å². The number of hydrogen-bond donors (Lipinski definition) is 2. The van der Waals surface area contributed by atoms with Crippen molar-refractivity contribution in [3.05, 3.63) is 53.5 Å². The molecule has 37 heavy (non-hydrogen) atoms. The zero-order valence-electron chi connectivity index (χ0n) is 21.7. The van der Waals surface area contributed by atoms with Crippen molar-refractivity contribution < 1.29 is 9.18 Å². The number of anilines is 3. The Morgan fingerprint density at radius 1 is 1.11 bits per heavy atom. The van der Waals surface area contributed by atoms with Crippen LogP contribution in [-0.2, 0) is 4.79 Å². The first-order valence-corrected chi connectivity index (χ1v) is 13.6. The van der Waals surface area contributed by atoms with Crippen LogP contribution in [0.15, 0.2) is 36.5 Å². The van der Waals surface area contributed by atoms with E-state index in [0.717, 1.165) is 49.5 Å². The molecule has 198 valence electrons. The normalized spacial score (nSPS) is 18.6. The van der Waals surface area contributed by atoms with Gasteiger partial charge >= 0.3 is 0 Å². The van der Waals surface area contributed by atoms with Crippen molar-refractivity contribution >= 4 is 33.3 Å². The molecule has 9 nitrogen and oxygen atoms in total. The molecule has 0 spiro atoms. The van der Waals surface area contributed by atoms with Gasteiger partial charge in [-0.25, -0.2) is 4.39 Å². The second-order valence-electron chi connectivity index (χ2n) is 9.53. The van der Waals surface area contributed by atoms with Crippen LogP contribution in [0.4, 0.5) is 20.5 Å². The summed E-state index contributed by atoms with van der Waals surface area (Å²) in [4.78, 5) is 15.6. The molecule has 2 N–H and O–H groups in total. The molecule has 0 radical (unpaired) electrons. The summed E-state index contributed by atoms with van der Waals surface area (Å²) < 4.78 is 13.5. The van der Waals surface area contributed by atoms with E-state index in [4.69, 9.17) is 0 Å². The van der Waals surface area contributed by atoms with Gasteiger partial charge in [-0.3, -0.25) is 9.69 Å². The number of halogens is 1. The minimum atomic E-state index is -0.146. The molecule has 2 aliphatic heterocycles. The molecule has 2 saturated heterocycles. The molecule has 4 heterocycles. The summed E-state index contributed by atoms with van der Waals surface area (Å²) in [5, 5.41) is 23.1. The van der Waals surface area contributed by atoms with E-state index in [9.17, 15) is 9.18 Å². The molecule has 0 saturated carbocycles. The Balaban J connectivity index is 0.000000180. The van der Waals surface area contributed by atoms with Crippen molar-refractivity contribution in [1.29, 1.82) is 0 Å². The summed E-state index contributed by atoms with van der Waals surface area (Å²) in [6.07, 6.45) is 6.55. The molecule has 11 heteroatoms. The van der Waals surface area contributed by atoms with E-state index < -0.39 is 0 Å². The fourth-order valence-electron chi connectivity index (χ4n) is 4.59. The van der Waals surface area contributed by atoms with Gasteiger partial charge < -0.3 is 15.5 Å². The third-order valence-corrected chi connectivity index (χ3v) is 7.49. The van der Waals surface area contributed by atoms with E-state index in [1.807, 2.05) is 25.1 Å². The standard InChI is InChI=1S/C14H20FN.C12H15N7OS/c1-11-6-7-13(10-14(11)15)12(2)16-8-4-3-5-9-16;1-8(20)14-11-17-18-12(21-11)15-9-4-6-19(7-9)10-3-2-5-13-16-10/h6-7,10,12H,3-5,8-9H2,1-2H3;2-3,5,9H,4,6-7H2,1H3,(H,15,18)(H,14,17,20). The SMILES string of the molecule is CC(=O)Nc1nnc(NC2CCN(c3cccnn3)C2)s1.Cc1ccc(C(C)N2CCCCC2)cc1F. The number of benzene rings is 1. The average molecular weight is 527 g/mol. The summed E-state index contributed by atoms with van der Waals surface area (Å²) in [7, 11) is 0. The van der Waals surface area contributed by atoms with E-state index >= 15 is 0 Å². The number of amides is 1. The second kappa shape index (κ2) is 12.9. The van der Waals surface area contributed by atoms with Gasteiger partial charge in [0, 0.05) is 38.3 Å². The molecular formula is C26H35FN8OS. The molecule has 2 atom stereocenters. The zero-order valence-corrected chi connectivity index (χ0v) is 22.5. The van der Waals surface area contributed by atoms with E-state index in [1.165, 1.54) is 37.5 Å². The molecule has 3 aromatic rings. The number of aromatic nitrogens is 4. The van der Waals surface area contributed by atoms with Gasteiger partial charge in [0.2, 0.25) is 16.2 Å². The molecule has 2 aromatic heterocycles. The molecular weight excluding hydrogens is 491 g/mol. The van der Waals surface area contributed by atoms with Crippen LogP contribution >= 0.6 is 11.3 Å². The first-order chi connectivity index (χ1) is 17.9. The largest absolute Gasteiger partial charge is 0.355 e. The topological polar surface area (TPSA) is 99.2 Å². The fourth-order valence-corrected chi connectivity index (χ4v) is 5.36. The molecule has 0 aliphatic carbocycles. The molecule has 1 aromatic carbocycles. The Kier molecular flexibility index (Phi) is 9.34. The van der Waals surface area contributed by atoms with E-state index in [1.54, 1.807) is 12.3 Å². The number of hydrogen-bond acceptors (Lipinski definition) is 9. The number of nitrogens with zero attached hydrogens (tertiary/aromatic N) is 6. The number of likely N-dealkylation sites (tertiary alicyclic amines) is 1.